The first-order valence-corrected chi connectivity index (χ1v) is 7.50. The van der Waals surface area contributed by atoms with Gasteiger partial charge in [0.15, 0.2) is 0 Å². The van der Waals surface area contributed by atoms with Gasteiger partial charge in [-0.25, -0.2) is 9.48 Å². The van der Waals surface area contributed by atoms with Crippen LogP contribution < -0.4 is 16.6 Å². The molecule has 3 aromatic rings. The predicted molar refractivity (Wildman–Crippen MR) is 89.8 cm³/mol. The molecule has 0 fully saturated rings. The Hall–Kier alpha value is -2.83. The molecule has 23 heavy (non-hydrogen) atoms. The highest BCUT2D eigenvalue weighted by Gasteiger charge is 2.07. The normalized spacial score (nSPS) is 11.0. The van der Waals surface area contributed by atoms with Crippen molar-refractivity contribution in [1.29, 1.82) is 0 Å². The van der Waals surface area contributed by atoms with Crippen molar-refractivity contribution < 1.29 is 0 Å². The Labute approximate surface area is 132 Å². The number of rotatable bonds is 5. The molecule has 0 aliphatic heterocycles. The first kappa shape index (κ1) is 15.1. The van der Waals surface area contributed by atoms with Crippen LogP contribution in [0.1, 0.15) is 6.42 Å². The van der Waals surface area contributed by atoms with Crippen molar-refractivity contribution in [2.75, 3.05) is 11.9 Å². The van der Waals surface area contributed by atoms with Crippen LogP contribution in [0.25, 0.3) is 10.9 Å². The predicted octanol–water partition coefficient (Wildman–Crippen LogP) is 0.936. The molecule has 3 rings (SSSR count). The Morgan fingerprint density at radius 2 is 1.91 bits per heavy atom. The van der Waals surface area contributed by atoms with Gasteiger partial charge in [0.05, 0.1) is 0 Å². The van der Waals surface area contributed by atoms with Crippen molar-refractivity contribution in [3.8, 4) is 0 Å². The standard InChI is InChI=1S/C16H19N5O2/c1-19-15(22)14(18-20(2)16(19)23)17-9-5-10-21-11-8-12-6-3-4-7-13(12)21/h3-4,6-8,11H,5,9-10H2,1-2H3,(H,17,18). The van der Waals surface area contributed by atoms with E-state index in [1.807, 2.05) is 12.1 Å². The fourth-order valence-corrected chi connectivity index (χ4v) is 2.60. The van der Waals surface area contributed by atoms with Gasteiger partial charge in [-0.3, -0.25) is 9.36 Å². The number of hydrogen-bond donors (Lipinski definition) is 1. The van der Waals surface area contributed by atoms with Crippen molar-refractivity contribution in [3.05, 3.63) is 57.4 Å². The third-order valence-electron chi connectivity index (χ3n) is 3.87. The molecule has 0 atom stereocenters. The number of anilines is 1. The number of aromatic nitrogens is 4. The largest absolute Gasteiger partial charge is 0.364 e. The van der Waals surface area contributed by atoms with Crippen molar-refractivity contribution in [3.63, 3.8) is 0 Å². The highest BCUT2D eigenvalue weighted by Crippen LogP contribution is 2.15. The maximum absolute atomic E-state index is 12.0. The highest BCUT2D eigenvalue weighted by atomic mass is 16.2. The molecule has 0 unspecified atom stereocenters. The number of hydrogen-bond acceptors (Lipinski definition) is 4. The second-order valence-corrected chi connectivity index (χ2v) is 5.47. The number of para-hydroxylation sites is 1. The molecule has 0 radical (unpaired) electrons. The first-order valence-electron chi connectivity index (χ1n) is 7.50. The van der Waals surface area contributed by atoms with Crippen LogP contribution >= 0.6 is 0 Å². The molecule has 0 saturated carbocycles. The maximum atomic E-state index is 12.0. The fourth-order valence-electron chi connectivity index (χ4n) is 2.60. The van der Waals surface area contributed by atoms with Crippen LogP contribution in [-0.2, 0) is 20.6 Å². The molecule has 0 spiro atoms. The zero-order valence-electron chi connectivity index (χ0n) is 13.2. The average Bonchev–Trinajstić information content (AvgIpc) is 2.97. The molecule has 0 aliphatic carbocycles. The van der Waals surface area contributed by atoms with Gasteiger partial charge in [0.2, 0.25) is 5.82 Å². The van der Waals surface area contributed by atoms with Crippen LogP contribution in [0.3, 0.4) is 0 Å². The van der Waals surface area contributed by atoms with Crippen molar-refractivity contribution in [2.45, 2.75) is 13.0 Å². The van der Waals surface area contributed by atoms with Gasteiger partial charge in [-0.1, -0.05) is 18.2 Å². The smallest absolute Gasteiger partial charge is 0.346 e. The molecule has 2 aromatic heterocycles. The van der Waals surface area contributed by atoms with E-state index in [-0.39, 0.29) is 5.82 Å². The summed E-state index contributed by atoms with van der Waals surface area (Å²) < 4.78 is 4.39. The second-order valence-electron chi connectivity index (χ2n) is 5.47. The van der Waals surface area contributed by atoms with Crippen LogP contribution in [0.5, 0.6) is 0 Å². The van der Waals surface area contributed by atoms with E-state index < -0.39 is 11.2 Å². The fraction of sp³-hybridized carbons (Fsp3) is 0.312. The SMILES string of the molecule is Cn1nc(NCCCn2ccc3ccccc32)c(=O)n(C)c1=O. The highest BCUT2D eigenvalue weighted by molar-refractivity contribution is 5.79. The summed E-state index contributed by atoms with van der Waals surface area (Å²) in [6.07, 6.45) is 2.90. The Morgan fingerprint density at radius 1 is 1.13 bits per heavy atom. The van der Waals surface area contributed by atoms with E-state index in [2.05, 4.69) is 39.4 Å². The molecular formula is C16H19N5O2. The number of benzene rings is 1. The quantitative estimate of drug-likeness (QED) is 0.711. The summed E-state index contributed by atoms with van der Waals surface area (Å²) in [5, 5.41) is 8.20. The maximum Gasteiger partial charge on any atom is 0.346 e. The minimum absolute atomic E-state index is 0.201. The van der Waals surface area contributed by atoms with Gasteiger partial charge in [0.25, 0.3) is 5.56 Å². The summed E-state index contributed by atoms with van der Waals surface area (Å²) in [4.78, 5) is 23.5. The average molecular weight is 313 g/mol. The lowest BCUT2D eigenvalue weighted by molar-refractivity contribution is 0.601. The van der Waals surface area contributed by atoms with E-state index in [4.69, 9.17) is 0 Å². The number of nitrogens with one attached hydrogen (secondary N) is 1. The second kappa shape index (κ2) is 6.12. The Kier molecular flexibility index (Phi) is 4.01. The van der Waals surface area contributed by atoms with Crippen LogP contribution in [0, 0.1) is 0 Å². The number of fused-ring (bicyclic) bond motifs is 1. The molecule has 120 valence electrons. The lowest BCUT2D eigenvalue weighted by Crippen LogP contribution is -2.40. The van der Waals surface area contributed by atoms with Gasteiger partial charge in [-0.05, 0) is 23.9 Å². The van der Waals surface area contributed by atoms with Crippen molar-refractivity contribution in [2.24, 2.45) is 14.1 Å². The van der Waals surface area contributed by atoms with Gasteiger partial charge in [-0.15, -0.1) is 5.10 Å². The summed E-state index contributed by atoms with van der Waals surface area (Å²) in [6, 6.07) is 10.3. The van der Waals surface area contributed by atoms with E-state index >= 15 is 0 Å². The summed E-state index contributed by atoms with van der Waals surface area (Å²) in [6.45, 7) is 1.44. The van der Waals surface area contributed by atoms with Crippen LogP contribution in [0.15, 0.2) is 46.1 Å². The van der Waals surface area contributed by atoms with Crippen LogP contribution in [-0.4, -0.2) is 25.5 Å². The van der Waals surface area contributed by atoms with E-state index in [0.29, 0.717) is 6.54 Å². The third-order valence-corrected chi connectivity index (χ3v) is 3.87. The number of nitrogens with zero attached hydrogens (tertiary/aromatic N) is 4. The lowest BCUT2D eigenvalue weighted by Gasteiger charge is -2.09. The third kappa shape index (κ3) is 2.90. The zero-order chi connectivity index (χ0) is 16.4. The van der Waals surface area contributed by atoms with E-state index in [0.717, 1.165) is 22.2 Å². The monoisotopic (exact) mass is 313 g/mol. The molecular weight excluding hydrogens is 294 g/mol. The van der Waals surface area contributed by atoms with Gasteiger partial charge in [0, 0.05) is 38.9 Å². The van der Waals surface area contributed by atoms with E-state index in [1.165, 1.54) is 25.0 Å². The molecule has 0 bridgehead atoms. The summed E-state index contributed by atoms with van der Waals surface area (Å²) >= 11 is 0. The summed E-state index contributed by atoms with van der Waals surface area (Å²) in [7, 11) is 2.97. The summed E-state index contributed by atoms with van der Waals surface area (Å²) in [5.41, 5.74) is 0.363. The molecule has 7 heteroatoms. The molecule has 1 N–H and O–H groups in total. The lowest BCUT2D eigenvalue weighted by atomic mass is 10.2. The van der Waals surface area contributed by atoms with E-state index in [9.17, 15) is 9.59 Å². The van der Waals surface area contributed by atoms with E-state index in [1.54, 1.807) is 0 Å². The molecule has 1 aromatic carbocycles. The topological polar surface area (TPSA) is 73.8 Å². The minimum atomic E-state index is -0.431. The first-order chi connectivity index (χ1) is 11.1. The molecule has 7 nitrogen and oxygen atoms in total. The van der Waals surface area contributed by atoms with Crippen LogP contribution in [0.2, 0.25) is 0 Å². The van der Waals surface area contributed by atoms with Crippen molar-refractivity contribution >= 4 is 16.7 Å². The van der Waals surface area contributed by atoms with Crippen molar-refractivity contribution in [1.82, 2.24) is 18.9 Å². The van der Waals surface area contributed by atoms with Crippen LogP contribution in [0.4, 0.5) is 5.82 Å². The Morgan fingerprint density at radius 3 is 2.74 bits per heavy atom. The summed E-state index contributed by atoms with van der Waals surface area (Å²) in [5.74, 6) is 0.201. The zero-order valence-corrected chi connectivity index (χ0v) is 13.2. The molecule has 2 heterocycles. The molecule has 0 aliphatic rings. The van der Waals surface area contributed by atoms with Gasteiger partial charge in [-0.2, -0.15) is 0 Å². The van der Waals surface area contributed by atoms with Gasteiger partial charge < -0.3 is 9.88 Å². The molecule has 0 saturated heterocycles. The number of aryl methyl sites for hydroxylation is 2. The minimum Gasteiger partial charge on any atom is -0.364 e. The Balaban J connectivity index is 1.65. The Bertz CT molecular complexity index is 951. The van der Waals surface area contributed by atoms with Gasteiger partial charge >= 0.3 is 5.69 Å². The molecule has 0 amide bonds. The van der Waals surface area contributed by atoms with Gasteiger partial charge in [0.1, 0.15) is 0 Å².